The molecule has 1 atom stereocenters. The Morgan fingerprint density at radius 1 is 1.38 bits per heavy atom. The molecule has 2 aliphatic rings. The van der Waals surface area contributed by atoms with Crippen LogP contribution >= 0.6 is 11.6 Å². The number of hydrogen-bond donors (Lipinski definition) is 1. The van der Waals surface area contributed by atoms with E-state index in [1.54, 1.807) is 0 Å². The number of morpholine rings is 1. The highest BCUT2D eigenvalue weighted by Gasteiger charge is 2.23. The second kappa shape index (κ2) is 6.03. The molecular formula is C15H18ClN3O2. The summed E-state index contributed by atoms with van der Waals surface area (Å²) >= 11 is 6.43. The molecule has 0 radical (unpaired) electrons. The van der Waals surface area contributed by atoms with Crippen molar-refractivity contribution in [3.05, 3.63) is 28.8 Å². The van der Waals surface area contributed by atoms with Crippen LogP contribution in [0.25, 0.3) is 0 Å². The van der Waals surface area contributed by atoms with E-state index in [4.69, 9.17) is 16.3 Å². The van der Waals surface area contributed by atoms with Crippen LogP contribution in [0.2, 0.25) is 5.02 Å². The third kappa shape index (κ3) is 3.04. The molecule has 1 saturated heterocycles. The summed E-state index contributed by atoms with van der Waals surface area (Å²) in [5.41, 5.74) is 5.40. The molecule has 0 spiro atoms. The van der Waals surface area contributed by atoms with Crippen LogP contribution < -0.4 is 10.3 Å². The minimum atomic E-state index is -0.0396. The fourth-order valence-corrected chi connectivity index (χ4v) is 3.03. The highest BCUT2D eigenvalue weighted by molar-refractivity contribution is 6.33. The van der Waals surface area contributed by atoms with Gasteiger partial charge in [-0.2, -0.15) is 5.10 Å². The number of benzene rings is 1. The van der Waals surface area contributed by atoms with Gasteiger partial charge in [-0.25, -0.2) is 5.43 Å². The number of rotatable bonds is 2. The minimum absolute atomic E-state index is 0.0396. The first-order valence-corrected chi connectivity index (χ1v) is 7.52. The molecule has 1 aromatic carbocycles. The lowest BCUT2D eigenvalue weighted by atomic mass is 9.94. The predicted octanol–water partition coefficient (Wildman–Crippen LogP) is 2.04. The second-order valence-corrected chi connectivity index (χ2v) is 5.81. The summed E-state index contributed by atoms with van der Waals surface area (Å²) in [5, 5.41) is 4.88. The van der Waals surface area contributed by atoms with Gasteiger partial charge in [0.05, 0.1) is 29.6 Å². The monoisotopic (exact) mass is 307 g/mol. The number of carbonyl (C=O) groups excluding carboxylic acids is 1. The van der Waals surface area contributed by atoms with E-state index in [1.165, 1.54) is 0 Å². The smallest absolute Gasteiger partial charge is 0.240 e. The maximum absolute atomic E-state index is 11.3. The lowest BCUT2D eigenvalue weighted by molar-refractivity contribution is -0.121. The molecule has 0 aromatic heterocycles. The molecule has 0 aliphatic carbocycles. The van der Waals surface area contributed by atoms with Crippen LogP contribution in [0.3, 0.4) is 0 Å². The zero-order chi connectivity index (χ0) is 14.8. The van der Waals surface area contributed by atoms with Crippen LogP contribution in [0.5, 0.6) is 0 Å². The Bertz CT molecular complexity index is 582. The van der Waals surface area contributed by atoms with Crippen molar-refractivity contribution in [2.45, 2.75) is 13.3 Å². The Kier molecular flexibility index (Phi) is 4.12. The van der Waals surface area contributed by atoms with E-state index in [-0.39, 0.29) is 11.8 Å². The van der Waals surface area contributed by atoms with Crippen molar-refractivity contribution in [2.75, 3.05) is 31.2 Å². The topological polar surface area (TPSA) is 53.9 Å². The van der Waals surface area contributed by atoms with Gasteiger partial charge < -0.3 is 9.64 Å². The lowest BCUT2D eigenvalue weighted by Crippen LogP contribution is -2.36. The number of nitrogens with zero attached hydrogens (tertiary/aromatic N) is 2. The third-order valence-corrected chi connectivity index (χ3v) is 4.16. The number of hydrogen-bond acceptors (Lipinski definition) is 4. The van der Waals surface area contributed by atoms with E-state index >= 15 is 0 Å². The van der Waals surface area contributed by atoms with E-state index in [0.717, 1.165) is 43.3 Å². The van der Waals surface area contributed by atoms with Gasteiger partial charge in [0.25, 0.3) is 0 Å². The summed E-state index contributed by atoms with van der Waals surface area (Å²) in [6, 6.07) is 5.97. The number of carbonyl (C=O) groups is 1. The second-order valence-electron chi connectivity index (χ2n) is 5.40. The highest BCUT2D eigenvalue weighted by atomic mass is 35.5. The molecule has 1 unspecified atom stereocenters. The maximum Gasteiger partial charge on any atom is 0.240 e. The van der Waals surface area contributed by atoms with Gasteiger partial charge in [-0.15, -0.1) is 0 Å². The summed E-state index contributed by atoms with van der Waals surface area (Å²) in [4.78, 5) is 13.5. The average Bonchev–Trinajstić information content (AvgIpc) is 2.48. The molecular weight excluding hydrogens is 290 g/mol. The van der Waals surface area contributed by atoms with Crippen molar-refractivity contribution in [1.29, 1.82) is 0 Å². The van der Waals surface area contributed by atoms with E-state index in [2.05, 4.69) is 15.4 Å². The number of hydrazone groups is 1. The van der Waals surface area contributed by atoms with Crippen LogP contribution in [-0.4, -0.2) is 37.9 Å². The first-order chi connectivity index (χ1) is 10.1. The summed E-state index contributed by atoms with van der Waals surface area (Å²) in [6.07, 6.45) is 0.460. The van der Waals surface area contributed by atoms with Gasteiger partial charge in [0, 0.05) is 25.4 Å². The number of nitrogens with one attached hydrogen (secondary N) is 1. The van der Waals surface area contributed by atoms with Gasteiger partial charge in [0.2, 0.25) is 5.91 Å². The highest BCUT2D eigenvalue weighted by Crippen LogP contribution is 2.29. The lowest BCUT2D eigenvalue weighted by Gasteiger charge is -2.30. The van der Waals surface area contributed by atoms with E-state index in [0.29, 0.717) is 11.4 Å². The Morgan fingerprint density at radius 3 is 2.81 bits per heavy atom. The van der Waals surface area contributed by atoms with Gasteiger partial charge in [0.15, 0.2) is 0 Å². The molecule has 0 bridgehead atoms. The van der Waals surface area contributed by atoms with Gasteiger partial charge in [-0.1, -0.05) is 24.6 Å². The zero-order valence-corrected chi connectivity index (χ0v) is 12.7. The van der Waals surface area contributed by atoms with Gasteiger partial charge >= 0.3 is 0 Å². The summed E-state index contributed by atoms with van der Waals surface area (Å²) in [7, 11) is 0. The van der Waals surface area contributed by atoms with Crippen molar-refractivity contribution in [3.63, 3.8) is 0 Å². The van der Waals surface area contributed by atoms with Crippen LogP contribution in [-0.2, 0) is 9.53 Å². The molecule has 6 heteroatoms. The normalized spacial score (nSPS) is 22.8. The van der Waals surface area contributed by atoms with Crippen molar-refractivity contribution in [3.8, 4) is 0 Å². The molecule has 1 N–H and O–H groups in total. The summed E-state index contributed by atoms with van der Waals surface area (Å²) < 4.78 is 5.36. The Balaban J connectivity index is 1.85. The van der Waals surface area contributed by atoms with E-state index in [9.17, 15) is 4.79 Å². The third-order valence-electron chi connectivity index (χ3n) is 3.85. The minimum Gasteiger partial charge on any atom is -0.378 e. The quantitative estimate of drug-likeness (QED) is 0.909. The van der Waals surface area contributed by atoms with Crippen LogP contribution in [0.1, 0.15) is 18.9 Å². The van der Waals surface area contributed by atoms with Gasteiger partial charge in [0.1, 0.15) is 0 Å². The molecule has 1 amide bonds. The molecule has 5 nitrogen and oxygen atoms in total. The predicted molar refractivity (Wildman–Crippen MR) is 82.9 cm³/mol. The van der Waals surface area contributed by atoms with E-state index < -0.39 is 0 Å². The van der Waals surface area contributed by atoms with Gasteiger partial charge in [-0.3, -0.25) is 4.79 Å². The number of halogens is 1. The number of anilines is 1. The molecule has 2 heterocycles. The van der Waals surface area contributed by atoms with Crippen LogP contribution in [0, 0.1) is 5.92 Å². The average molecular weight is 308 g/mol. The van der Waals surface area contributed by atoms with Crippen molar-refractivity contribution >= 4 is 28.9 Å². The molecule has 2 aliphatic heterocycles. The molecule has 1 aromatic rings. The molecule has 1 fully saturated rings. The maximum atomic E-state index is 11.3. The molecule has 0 saturated carbocycles. The fourth-order valence-electron chi connectivity index (χ4n) is 2.73. The standard InChI is InChI=1S/C15H18ClN3O2/c1-10-8-14(20)17-18-15(10)11-2-3-13(12(16)9-11)19-4-6-21-7-5-19/h2-3,9-10H,4-8H2,1H3,(H,17,20). The molecule has 112 valence electrons. The molecule has 3 rings (SSSR count). The first kappa shape index (κ1) is 14.4. The van der Waals surface area contributed by atoms with Crippen LogP contribution in [0.4, 0.5) is 5.69 Å². The Hall–Kier alpha value is -1.59. The molecule has 21 heavy (non-hydrogen) atoms. The summed E-state index contributed by atoms with van der Waals surface area (Å²) in [6.45, 7) is 5.17. The first-order valence-electron chi connectivity index (χ1n) is 7.14. The largest absolute Gasteiger partial charge is 0.378 e. The Labute approximate surface area is 128 Å². The SMILES string of the molecule is CC1CC(=O)NN=C1c1ccc(N2CCOCC2)c(Cl)c1. The van der Waals surface area contributed by atoms with Crippen LogP contribution in [0.15, 0.2) is 23.3 Å². The fraction of sp³-hybridized carbons (Fsp3) is 0.467. The number of amides is 1. The van der Waals surface area contributed by atoms with E-state index in [1.807, 2.05) is 25.1 Å². The van der Waals surface area contributed by atoms with Crippen molar-refractivity contribution < 1.29 is 9.53 Å². The summed E-state index contributed by atoms with van der Waals surface area (Å²) in [5.74, 6) is 0.0614. The Morgan fingerprint density at radius 2 is 2.14 bits per heavy atom. The number of ether oxygens (including phenoxy) is 1. The zero-order valence-electron chi connectivity index (χ0n) is 11.9. The van der Waals surface area contributed by atoms with Gasteiger partial charge in [-0.05, 0) is 17.7 Å². The van der Waals surface area contributed by atoms with Crippen molar-refractivity contribution in [2.24, 2.45) is 11.0 Å². The van der Waals surface area contributed by atoms with Crippen molar-refractivity contribution in [1.82, 2.24) is 5.43 Å².